The standard InChI is InChI=1S/C33H51NO6/c1-32(2,3)40-27(37)19-23-14-12-10-8-6-7-9-11-13-22(30(38)26(36)17-21-15-16-21)18-25(35)29-28-24(33(28,4)5)20-34(29)31(23)39/h21-24,28-29H,6-20H2,1-5H3/t22-,23-,24+,28+,29-/m1/s1. The molecule has 0 spiro atoms. The van der Waals surface area contributed by atoms with Crippen molar-refractivity contribution < 1.29 is 28.7 Å². The first-order valence-corrected chi connectivity index (χ1v) is 15.9. The van der Waals surface area contributed by atoms with Crippen LogP contribution in [0.4, 0.5) is 0 Å². The number of fused-ring (bicyclic) bond motifs is 3. The number of ketones is 3. The molecule has 0 unspecified atom stereocenters. The van der Waals surface area contributed by atoms with Crippen molar-refractivity contribution in [2.45, 2.75) is 136 Å². The lowest BCUT2D eigenvalue weighted by Crippen LogP contribution is -2.49. The van der Waals surface area contributed by atoms with Crippen LogP contribution in [0.2, 0.25) is 0 Å². The van der Waals surface area contributed by atoms with Crippen LogP contribution in [0.25, 0.3) is 0 Å². The van der Waals surface area contributed by atoms with Gasteiger partial charge in [-0.25, -0.2) is 0 Å². The lowest BCUT2D eigenvalue weighted by atomic mass is 9.84. The van der Waals surface area contributed by atoms with E-state index in [1.807, 2.05) is 20.8 Å². The maximum atomic E-state index is 14.0. The summed E-state index contributed by atoms with van der Waals surface area (Å²) in [5, 5.41) is 0. The maximum absolute atomic E-state index is 14.0. The molecule has 7 heteroatoms. The zero-order chi connectivity index (χ0) is 29.2. The third kappa shape index (κ3) is 7.61. The lowest BCUT2D eigenvalue weighted by molar-refractivity contribution is -0.159. The van der Waals surface area contributed by atoms with Gasteiger partial charge in [-0.1, -0.05) is 58.8 Å². The van der Waals surface area contributed by atoms with Gasteiger partial charge in [-0.05, 0) is 69.6 Å². The molecule has 2 saturated carbocycles. The number of hydrogen-bond donors (Lipinski definition) is 0. The van der Waals surface area contributed by atoms with Crippen LogP contribution in [0.3, 0.4) is 0 Å². The van der Waals surface area contributed by atoms with Crippen LogP contribution in [0.1, 0.15) is 125 Å². The highest BCUT2D eigenvalue weighted by Gasteiger charge is 2.69. The average molecular weight is 558 g/mol. The van der Waals surface area contributed by atoms with Crippen molar-refractivity contribution in [1.29, 1.82) is 0 Å². The molecule has 0 radical (unpaired) electrons. The number of ether oxygens (including phenoxy) is 1. The summed E-state index contributed by atoms with van der Waals surface area (Å²) in [4.78, 5) is 68.6. The Kier molecular flexibility index (Phi) is 9.61. The number of carbonyl (C=O) groups excluding carboxylic acids is 5. The molecule has 224 valence electrons. The zero-order valence-electron chi connectivity index (χ0n) is 25.5. The Morgan fingerprint density at radius 3 is 2.08 bits per heavy atom. The maximum Gasteiger partial charge on any atom is 0.307 e. The Morgan fingerprint density at radius 2 is 1.48 bits per heavy atom. The molecular weight excluding hydrogens is 506 g/mol. The van der Waals surface area contributed by atoms with Gasteiger partial charge >= 0.3 is 5.97 Å². The molecule has 7 nitrogen and oxygen atoms in total. The first-order chi connectivity index (χ1) is 18.8. The quantitative estimate of drug-likeness (QED) is 0.300. The first-order valence-electron chi connectivity index (χ1n) is 15.9. The van der Waals surface area contributed by atoms with Crippen LogP contribution < -0.4 is 0 Å². The molecule has 2 aliphatic heterocycles. The van der Waals surface area contributed by atoms with Crippen molar-refractivity contribution in [1.82, 2.24) is 4.90 Å². The molecule has 0 aromatic carbocycles. The second-order valence-corrected chi connectivity index (χ2v) is 14.7. The molecule has 4 aliphatic rings. The molecule has 2 aliphatic carbocycles. The number of nitrogens with zero attached hydrogens (tertiary/aromatic N) is 1. The van der Waals surface area contributed by atoms with E-state index in [0.29, 0.717) is 31.7 Å². The highest BCUT2D eigenvalue weighted by Crippen LogP contribution is 2.65. The SMILES string of the molecule is CC(C)(C)OC(=O)C[C@H]1CCCCCCCCC[C@@H](C(=O)C(=O)CC2CC2)CC(=O)[C@@H]2[C@@H]3[C@H](CN2C1=O)C3(C)C. The van der Waals surface area contributed by atoms with E-state index in [9.17, 15) is 24.0 Å². The Balaban J connectivity index is 1.55. The largest absolute Gasteiger partial charge is 0.460 e. The smallest absolute Gasteiger partial charge is 0.307 e. The summed E-state index contributed by atoms with van der Waals surface area (Å²) in [5.41, 5.74) is -0.672. The Labute approximate surface area is 240 Å². The molecule has 0 N–H and O–H groups in total. The van der Waals surface area contributed by atoms with Crippen LogP contribution in [-0.4, -0.2) is 52.3 Å². The zero-order valence-corrected chi connectivity index (χ0v) is 25.5. The van der Waals surface area contributed by atoms with Crippen LogP contribution in [0.15, 0.2) is 0 Å². The van der Waals surface area contributed by atoms with Crippen LogP contribution in [-0.2, 0) is 28.7 Å². The topological polar surface area (TPSA) is 97.8 Å². The van der Waals surface area contributed by atoms with E-state index in [4.69, 9.17) is 4.74 Å². The molecule has 40 heavy (non-hydrogen) atoms. The van der Waals surface area contributed by atoms with E-state index < -0.39 is 23.5 Å². The Hall–Kier alpha value is -2.05. The summed E-state index contributed by atoms with van der Waals surface area (Å²) in [6.45, 7) is 10.3. The van der Waals surface area contributed by atoms with Crippen molar-refractivity contribution in [2.24, 2.45) is 35.0 Å². The number of esters is 1. The van der Waals surface area contributed by atoms with E-state index in [1.54, 1.807) is 4.90 Å². The summed E-state index contributed by atoms with van der Waals surface area (Å²) >= 11 is 0. The van der Waals surface area contributed by atoms with E-state index >= 15 is 0 Å². The van der Waals surface area contributed by atoms with Gasteiger partial charge in [0.1, 0.15) is 5.60 Å². The molecule has 2 heterocycles. The second-order valence-electron chi connectivity index (χ2n) is 14.7. The predicted octanol–water partition coefficient (Wildman–Crippen LogP) is 5.86. The number of piperidine rings is 1. The number of amides is 1. The van der Waals surface area contributed by atoms with Crippen LogP contribution >= 0.6 is 0 Å². The minimum absolute atomic E-state index is 0.0169. The molecule has 0 aromatic rings. The molecule has 0 bridgehead atoms. The predicted molar refractivity (Wildman–Crippen MR) is 152 cm³/mol. The number of Topliss-reactive ketones (excluding diaryl/α,β-unsaturated/α-hetero) is 3. The fraction of sp³-hybridized carbons (Fsp3) is 0.848. The summed E-state index contributed by atoms with van der Waals surface area (Å²) in [6.07, 6.45) is 10.4. The van der Waals surface area contributed by atoms with E-state index in [-0.39, 0.29) is 59.3 Å². The molecule has 0 aromatic heterocycles. The van der Waals surface area contributed by atoms with E-state index in [0.717, 1.165) is 57.8 Å². The van der Waals surface area contributed by atoms with Crippen molar-refractivity contribution in [3.05, 3.63) is 0 Å². The van der Waals surface area contributed by atoms with Crippen molar-refractivity contribution in [3.63, 3.8) is 0 Å². The summed E-state index contributed by atoms with van der Waals surface area (Å²) in [5.74, 6) is -1.80. The molecule has 5 atom stereocenters. The van der Waals surface area contributed by atoms with Crippen molar-refractivity contribution >= 4 is 29.2 Å². The Morgan fingerprint density at radius 1 is 0.875 bits per heavy atom. The van der Waals surface area contributed by atoms with Crippen molar-refractivity contribution in [3.8, 4) is 0 Å². The molecule has 1 amide bonds. The first kappa shape index (κ1) is 30.9. The van der Waals surface area contributed by atoms with Gasteiger partial charge in [0, 0.05) is 31.2 Å². The number of rotatable bonds is 6. The van der Waals surface area contributed by atoms with E-state index in [2.05, 4.69) is 13.8 Å². The van der Waals surface area contributed by atoms with Crippen LogP contribution in [0, 0.1) is 35.0 Å². The van der Waals surface area contributed by atoms with Gasteiger partial charge in [-0.3, -0.25) is 24.0 Å². The monoisotopic (exact) mass is 557 g/mol. The molecule has 4 rings (SSSR count). The normalized spacial score (nSPS) is 31.7. The third-order valence-electron chi connectivity index (χ3n) is 9.87. The molecular formula is C33H51NO6. The Bertz CT molecular complexity index is 989. The second kappa shape index (κ2) is 12.4. The number of carbonyl (C=O) groups is 5. The molecule has 4 fully saturated rings. The third-order valence-corrected chi connectivity index (χ3v) is 9.87. The summed E-state index contributed by atoms with van der Waals surface area (Å²) in [6, 6.07) is -0.588. The van der Waals surface area contributed by atoms with Gasteiger partial charge < -0.3 is 9.64 Å². The van der Waals surface area contributed by atoms with Gasteiger partial charge in [0.05, 0.1) is 12.5 Å². The van der Waals surface area contributed by atoms with Gasteiger partial charge in [0.15, 0.2) is 11.6 Å². The average Bonchev–Trinajstić information content (AvgIpc) is 3.70. The number of hydrogen-bond acceptors (Lipinski definition) is 6. The van der Waals surface area contributed by atoms with Gasteiger partial charge in [-0.15, -0.1) is 0 Å². The summed E-state index contributed by atoms with van der Waals surface area (Å²) in [7, 11) is 0. The van der Waals surface area contributed by atoms with Gasteiger partial charge in [0.25, 0.3) is 0 Å². The lowest BCUT2D eigenvalue weighted by Gasteiger charge is -2.33. The van der Waals surface area contributed by atoms with Gasteiger partial charge in [-0.2, -0.15) is 0 Å². The van der Waals surface area contributed by atoms with E-state index in [1.165, 1.54) is 0 Å². The van der Waals surface area contributed by atoms with Crippen LogP contribution in [0.5, 0.6) is 0 Å². The fourth-order valence-corrected chi connectivity index (χ4v) is 7.28. The fourth-order valence-electron chi connectivity index (χ4n) is 7.28. The minimum Gasteiger partial charge on any atom is -0.460 e. The minimum atomic E-state index is -0.630. The highest BCUT2D eigenvalue weighted by atomic mass is 16.6. The highest BCUT2D eigenvalue weighted by molar-refractivity contribution is 6.38. The van der Waals surface area contributed by atoms with Crippen molar-refractivity contribution in [2.75, 3.05) is 6.54 Å². The summed E-state index contributed by atoms with van der Waals surface area (Å²) < 4.78 is 5.57. The van der Waals surface area contributed by atoms with Gasteiger partial charge in [0.2, 0.25) is 11.7 Å². The molecule has 2 saturated heterocycles.